The van der Waals surface area contributed by atoms with Crippen molar-refractivity contribution in [3.63, 3.8) is 0 Å². The minimum atomic E-state index is -0.334. The maximum Gasteiger partial charge on any atom is 0.297 e. The molecule has 7 nitrogen and oxygen atoms in total. The quantitative estimate of drug-likeness (QED) is 0.626. The Morgan fingerprint density at radius 1 is 0.926 bits per heavy atom. The molecule has 0 aliphatic heterocycles. The highest BCUT2D eigenvalue weighted by Gasteiger charge is 2.20. The maximum absolute atomic E-state index is 12.5. The third-order valence-corrected chi connectivity index (χ3v) is 4.19. The molecule has 1 amide bonds. The van der Waals surface area contributed by atoms with Crippen molar-refractivity contribution in [3.8, 4) is 28.4 Å². The van der Waals surface area contributed by atoms with Crippen LogP contribution in [0, 0.1) is 0 Å². The van der Waals surface area contributed by atoms with Gasteiger partial charge in [-0.05, 0) is 54.6 Å². The predicted octanol–water partition coefficient (Wildman–Crippen LogP) is 3.19. The number of carbonyl (C=O) groups excluding carboxylic acids is 1. The Morgan fingerprint density at radius 3 is 2.00 bits per heavy atom. The van der Waals surface area contributed by atoms with E-state index < -0.39 is 0 Å². The number of hydroxylamine groups is 2. The number of benzene rings is 2. The smallest absolute Gasteiger partial charge is 0.297 e. The van der Waals surface area contributed by atoms with E-state index in [2.05, 4.69) is 5.10 Å². The number of ether oxygens (including phenoxy) is 2. The van der Waals surface area contributed by atoms with Crippen molar-refractivity contribution in [1.82, 2.24) is 14.8 Å². The third kappa shape index (κ3) is 3.78. The van der Waals surface area contributed by atoms with E-state index >= 15 is 0 Å². The number of methoxy groups -OCH3 is 2. The molecular weight excluding hydrogens is 346 g/mol. The van der Waals surface area contributed by atoms with Crippen molar-refractivity contribution in [1.29, 1.82) is 0 Å². The molecule has 3 aromatic rings. The molecule has 0 radical (unpaired) electrons. The zero-order chi connectivity index (χ0) is 19.4. The summed E-state index contributed by atoms with van der Waals surface area (Å²) in [6, 6.07) is 16.8. The monoisotopic (exact) mass is 367 g/mol. The Balaban J connectivity index is 2.10. The van der Waals surface area contributed by atoms with E-state index in [0.717, 1.165) is 33.5 Å². The molecule has 0 saturated heterocycles. The Kier molecular flexibility index (Phi) is 5.42. The van der Waals surface area contributed by atoms with E-state index in [0.29, 0.717) is 0 Å². The molecular formula is C20H21N3O4. The highest BCUT2D eigenvalue weighted by Crippen LogP contribution is 2.27. The molecule has 0 fully saturated rings. The molecule has 0 aliphatic carbocycles. The van der Waals surface area contributed by atoms with E-state index in [1.165, 1.54) is 7.11 Å². The van der Waals surface area contributed by atoms with Gasteiger partial charge in [-0.15, -0.1) is 0 Å². The summed E-state index contributed by atoms with van der Waals surface area (Å²) in [4.78, 5) is 17.5. The summed E-state index contributed by atoms with van der Waals surface area (Å²) in [5.41, 5.74) is 2.76. The topological polar surface area (TPSA) is 65.8 Å². The first kappa shape index (κ1) is 18.5. The molecule has 27 heavy (non-hydrogen) atoms. The summed E-state index contributed by atoms with van der Waals surface area (Å²) in [6.07, 6.45) is 0. The van der Waals surface area contributed by atoms with Gasteiger partial charge in [-0.25, -0.2) is 9.75 Å². The van der Waals surface area contributed by atoms with Gasteiger partial charge >= 0.3 is 0 Å². The van der Waals surface area contributed by atoms with Gasteiger partial charge in [-0.1, -0.05) is 0 Å². The van der Waals surface area contributed by atoms with E-state index in [1.54, 1.807) is 32.0 Å². The Bertz CT molecular complexity index is 852. The molecule has 1 aromatic heterocycles. The first-order valence-corrected chi connectivity index (χ1v) is 8.28. The molecule has 0 N–H and O–H groups in total. The molecule has 0 saturated carbocycles. The van der Waals surface area contributed by atoms with Crippen molar-refractivity contribution < 1.29 is 19.1 Å². The Labute approximate surface area is 157 Å². The zero-order valence-corrected chi connectivity index (χ0v) is 15.7. The van der Waals surface area contributed by atoms with Crippen LogP contribution in [-0.2, 0) is 4.84 Å². The average Bonchev–Trinajstić information content (AvgIpc) is 3.18. The molecule has 0 spiro atoms. The Hall–Kier alpha value is -3.32. The van der Waals surface area contributed by atoms with Crippen LogP contribution in [0.3, 0.4) is 0 Å². The molecule has 0 aliphatic rings. The second-order valence-electron chi connectivity index (χ2n) is 5.74. The fourth-order valence-electron chi connectivity index (χ4n) is 2.62. The van der Waals surface area contributed by atoms with Gasteiger partial charge < -0.3 is 9.47 Å². The van der Waals surface area contributed by atoms with Crippen LogP contribution in [-0.4, -0.2) is 49.1 Å². The van der Waals surface area contributed by atoms with Crippen LogP contribution in [0.4, 0.5) is 0 Å². The van der Waals surface area contributed by atoms with Crippen LogP contribution in [0.15, 0.2) is 54.6 Å². The third-order valence-electron chi connectivity index (χ3n) is 4.19. The van der Waals surface area contributed by atoms with Crippen LogP contribution in [0.25, 0.3) is 16.9 Å². The standard InChI is InChI=1S/C20H21N3O4/c1-22(27-4)20(24)18-13-19(14-5-9-16(25-2)10-6-14)23(21-18)15-7-11-17(26-3)12-8-15/h5-13H,1-4H3. The number of carbonyl (C=O) groups is 1. The highest BCUT2D eigenvalue weighted by molar-refractivity contribution is 5.92. The summed E-state index contributed by atoms with van der Waals surface area (Å²) in [5.74, 6) is 1.16. The second kappa shape index (κ2) is 7.92. The van der Waals surface area contributed by atoms with E-state index in [1.807, 2.05) is 48.5 Å². The van der Waals surface area contributed by atoms with Crippen LogP contribution >= 0.6 is 0 Å². The van der Waals surface area contributed by atoms with E-state index in [9.17, 15) is 4.79 Å². The van der Waals surface area contributed by atoms with Gasteiger partial charge in [-0.2, -0.15) is 5.10 Å². The summed E-state index contributed by atoms with van der Waals surface area (Å²) >= 11 is 0. The van der Waals surface area contributed by atoms with E-state index in [4.69, 9.17) is 14.3 Å². The van der Waals surface area contributed by atoms with Gasteiger partial charge in [0.1, 0.15) is 11.5 Å². The lowest BCUT2D eigenvalue weighted by molar-refractivity contribution is -0.0760. The molecule has 140 valence electrons. The van der Waals surface area contributed by atoms with Crippen LogP contribution in [0.2, 0.25) is 0 Å². The largest absolute Gasteiger partial charge is 0.497 e. The van der Waals surface area contributed by atoms with Gasteiger partial charge in [-0.3, -0.25) is 9.63 Å². The first-order valence-electron chi connectivity index (χ1n) is 8.28. The Morgan fingerprint density at radius 2 is 1.48 bits per heavy atom. The van der Waals surface area contributed by atoms with Crippen LogP contribution in [0.5, 0.6) is 11.5 Å². The molecule has 1 heterocycles. The summed E-state index contributed by atoms with van der Waals surface area (Å²) in [6.45, 7) is 0. The molecule has 0 unspecified atom stereocenters. The maximum atomic E-state index is 12.5. The van der Waals surface area contributed by atoms with Gasteiger partial charge in [0, 0.05) is 12.6 Å². The summed E-state index contributed by atoms with van der Waals surface area (Å²) < 4.78 is 12.2. The van der Waals surface area contributed by atoms with Crippen LogP contribution < -0.4 is 9.47 Å². The molecule has 3 rings (SSSR count). The van der Waals surface area contributed by atoms with Gasteiger partial charge in [0.15, 0.2) is 5.69 Å². The van der Waals surface area contributed by atoms with Crippen molar-refractivity contribution in [2.45, 2.75) is 0 Å². The minimum Gasteiger partial charge on any atom is -0.497 e. The van der Waals surface area contributed by atoms with E-state index in [-0.39, 0.29) is 11.6 Å². The SMILES string of the molecule is COc1ccc(-c2cc(C(=O)N(C)OC)nn2-c2ccc(OC)cc2)cc1. The molecule has 0 bridgehead atoms. The lowest BCUT2D eigenvalue weighted by Gasteiger charge is -2.11. The number of hydrogen-bond donors (Lipinski definition) is 0. The lowest BCUT2D eigenvalue weighted by Crippen LogP contribution is -2.25. The second-order valence-corrected chi connectivity index (χ2v) is 5.74. The fraction of sp³-hybridized carbons (Fsp3) is 0.200. The first-order chi connectivity index (χ1) is 13.1. The van der Waals surface area contributed by atoms with Crippen LogP contribution in [0.1, 0.15) is 10.5 Å². The van der Waals surface area contributed by atoms with Gasteiger partial charge in [0.05, 0.1) is 32.7 Å². The summed E-state index contributed by atoms with van der Waals surface area (Å²) in [7, 11) is 6.21. The number of aromatic nitrogens is 2. The summed E-state index contributed by atoms with van der Waals surface area (Å²) in [5, 5.41) is 5.63. The van der Waals surface area contributed by atoms with Crippen molar-refractivity contribution >= 4 is 5.91 Å². The molecule has 0 atom stereocenters. The van der Waals surface area contributed by atoms with Crippen molar-refractivity contribution in [3.05, 3.63) is 60.3 Å². The number of hydrogen-bond acceptors (Lipinski definition) is 5. The number of rotatable bonds is 6. The fourth-order valence-corrected chi connectivity index (χ4v) is 2.62. The van der Waals surface area contributed by atoms with Crippen molar-refractivity contribution in [2.24, 2.45) is 0 Å². The predicted molar refractivity (Wildman–Crippen MR) is 101 cm³/mol. The number of amides is 1. The van der Waals surface area contributed by atoms with Gasteiger partial charge in [0.25, 0.3) is 5.91 Å². The lowest BCUT2D eigenvalue weighted by atomic mass is 10.1. The van der Waals surface area contributed by atoms with Crippen molar-refractivity contribution in [2.75, 3.05) is 28.4 Å². The normalized spacial score (nSPS) is 10.5. The zero-order valence-electron chi connectivity index (χ0n) is 15.7. The molecule has 2 aromatic carbocycles. The number of nitrogens with zero attached hydrogens (tertiary/aromatic N) is 3. The van der Waals surface area contributed by atoms with Gasteiger partial charge in [0.2, 0.25) is 0 Å². The average molecular weight is 367 g/mol. The minimum absolute atomic E-state index is 0.279. The molecule has 7 heteroatoms. The highest BCUT2D eigenvalue weighted by atomic mass is 16.7.